The lowest BCUT2D eigenvalue weighted by molar-refractivity contribution is 0.0698. The highest BCUT2D eigenvalue weighted by atomic mass is 35.5. The number of anilines is 3. The largest absolute Gasteiger partial charge is 0.478 e. The third kappa shape index (κ3) is 3.00. The van der Waals surface area contributed by atoms with Crippen LogP contribution >= 0.6 is 23.4 Å². The van der Waals surface area contributed by atoms with Gasteiger partial charge in [-0.25, -0.2) is 4.79 Å². The van der Waals surface area contributed by atoms with Gasteiger partial charge in [-0.15, -0.1) is 11.8 Å². The first-order valence-electron chi connectivity index (χ1n) is 5.75. The topological polar surface area (TPSA) is 75.3 Å². The second kappa shape index (κ2) is 6.07. The number of carboxylic acid groups (broad SMARTS) is 1. The smallest absolute Gasteiger partial charge is 0.337 e. The maximum Gasteiger partial charge on any atom is 0.337 e. The third-order valence-corrected chi connectivity index (χ3v) is 3.80. The van der Waals surface area contributed by atoms with E-state index in [2.05, 4.69) is 5.32 Å². The van der Waals surface area contributed by atoms with E-state index in [4.69, 9.17) is 17.3 Å². The summed E-state index contributed by atoms with van der Waals surface area (Å²) in [7, 11) is 0. The molecule has 2 aromatic carbocycles. The first kappa shape index (κ1) is 14.6. The number of carbonyl (C=O) groups is 1. The van der Waals surface area contributed by atoms with Crippen LogP contribution in [-0.2, 0) is 0 Å². The molecule has 2 rings (SSSR count). The molecule has 0 saturated carbocycles. The molecule has 0 aliphatic carbocycles. The van der Waals surface area contributed by atoms with Crippen molar-refractivity contribution in [3.8, 4) is 0 Å². The lowest BCUT2D eigenvalue weighted by Gasteiger charge is -2.14. The van der Waals surface area contributed by atoms with Gasteiger partial charge in [0.05, 0.1) is 22.0 Å². The molecular weight excluding hydrogens is 296 g/mol. The van der Waals surface area contributed by atoms with Crippen LogP contribution in [0.2, 0.25) is 5.02 Å². The minimum Gasteiger partial charge on any atom is -0.478 e. The molecule has 0 aromatic heterocycles. The highest BCUT2D eigenvalue weighted by molar-refractivity contribution is 7.98. The van der Waals surface area contributed by atoms with Crippen molar-refractivity contribution in [2.75, 3.05) is 17.3 Å². The molecule has 6 heteroatoms. The van der Waals surface area contributed by atoms with E-state index in [0.717, 1.165) is 10.6 Å². The summed E-state index contributed by atoms with van der Waals surface area (Å²) in [4.78, 5) is 12.3. The van der Waals surface area contributed by atoms with E-state index in [-0.39, 0.29) is 10.6 Å². The van der Waals surface area contributed by atoms with Crippen molar-refractivity contribution in [2.24, 2.45) is 0 Å². The first-order chi connectivity index (χ1) is 9.52. The van der Waals surface area contributed by atoms with Gasteiger partial charge >= 0.3 is 5.97 Å². The van der Waals surface area contributed by atoms with Crippen molar-refractivity contribution in [3.05, 3.63) is 47.0 Å². The van der Waals surface area contributed by atoms with Crippen LogP contribution in [0.5, 0.6) is 0 Å². The van der Waals surface area contributed by atoms with Crippen LogP contribution in [0, 0.1) is 0 Å². The van der Waals surface area contributed by atoms with Gasteiger partial charge in [-0.2, -0.15) is 0 Å². The van der Waals surface area contributed by atoms with Crippen LogP contribution in [0.1, 0.15) is 10.4 Å². The highest BCUT2D eigenvalue weighted by Gasteiger charge is 2.16. The number of nitrogens with one attached hydrogen (secondary N) is 1. The molecule has 0 unspecified atom stereocenters. The zero-order chi connectivity index (χ0) is 14.7. The minimum absolute atomic E-state index is 0.0471. The molecule has 0 aliphatic rings. The zero-order valence-electron chi connectivity index (χ0n) is 10.7. The van der Waals surface area contributed by atoms with E-state index in [0.29, 0.717) is 11.4 Å². The summed E-state index contributed by atoms with van der Waals surface area (Å²) < 4.78 is 0. The predicted octanol–water partition coefficient (Wildman–Crippen LogP) is 4.09. The van der Waals surface area contributed by atoms with Gasteiger partial charge in [0, 0.05) is 10.6 Å². The van der Waals surface area contributed by atoms with E-state index >= 15 is 0 Å². The number of carboxylic acids is 1. The Hall–Kier alpha value is -1.85. The predicted molar refractivity (Wildman–Crippen MR) is 84.3 cm³/mol. The molecule has 104 valence electrons. The molecular formula is C14H13ClN2O2S. The van der Waals surface area contributed by atoms with Crippen LogP contribution in [0.25, 0.3) is 0 Å². The molecule has 0 radical (unpaired) electrons. The molecule has 0 atom stereocenters. The molecule has 4 nitrogen and oxygen atoms in total. The fourth-order valence-electron chi connectivity index (χ4n) is 1.81. The Balaban J connectivity index is 2.50. The number of hydrogen-bond donors (Lipinski definition) is 3. The number of nitrogen functional groups attached to an aromatic ring is 1. The van der Waals surface area contributed by atoms with E-state index in [1.54, 1.807) is 11.8 Å². The van der Waals surface area contributed by atoms with Crippen molar-refractivity contribution >= 4 is 46.4 Å². The van der Waals surface area contributed by atoms with E-state index in [1.807, 2.05) is 30.5 Å². The maximum absolute atomic E-state index is 11.3. The monoisotopic (exact) mass is 308 g/mol. The van der Waals surface area contributed by atoms with Gasteiger partial charge in [0.25, 0.3) is 0 Å². The number of hydrogen-bond acceptors (Lipinski definition) is 4. The Bertz CT molecular complexity index is 662. The van der Waals surface area contributed by atoms with Crippen LogP contribution in [0.4, 0.5) is 17.1 Å². The Morgan fingerprint density at radius 3 is 2.70 bits per heavy atom. The molecule has 0 heterocycles. The highest BCUT2D eigenvalue weighted by Crippen LogP contribution is 2.34. The van der Waals surface area contributed by atoms with Crippen LogP contribution < -0.4 is 11.1 Å². The zero-order valence-corrected chi connectivity index (χ0v) is 12.3. The van der Waals surface area contributed by atoms with Crippen LogP contribution in [-0.4, -0.2) is 17.3 Å². The molecule has 0 spiro atoms. The molecule has 0 bridgehead atoms. The second-order valence-electron chi connectivity index (χ2n) is 4.06. The number of thioether (sulfide) groups is 1. The van der Waals surface area contributed by atoms with Gasteiger partial charge in [-0.3, -0.25) is 0 Å². The van der Waals surface area contributed by atoms with Crippen molar-refractivity contribution < 1.29 is 9.90 Å². The lowest BCUT2D eigenvalue weighted by Crippen LogP contribution is -2.05. The molecule has 0 saturated heterocycles. The molecule has 0 aliphatic heterocycles. The van der Waals surface area contributed by atoms with E-state index < -0.39 is 5.97 Å². The van der Waals surface area contributed by atoms with Gasteiger partial charge in [0.2, 0.25) is 0 Å². The number of halogens is 1. The van der Waals surface area contributed by atoms with Crippen molar-refractivity contribution in [1.29, 1.82) is 0 Å². The maximum atomic E-state index is 11.3. The van der Waals surface area contributed by atoms with Crippen LogP contribution in [0.15, 0.2) is 41.3 Å². The first-order valence-corrected chi connectivity index (χ1v) is 7.35. The third-order valence-electron chi connectivity index (χ3n) is 2.71. The Labute approximate surface area is 125 Å². The van der Waals surface area contributed by atoms with Crippen molar-refractivity contribution in [2.45, 2.75) is 4.90 Å². The summed E-state index contributed by atoms with van der Waals surface area (Å²) in [5.74, 6) is -1.08. The Morgan fingerprint density at radius 2 is 2.05 bits per heavy atom. The normalized spacial score (nSPS) is 10.3. The Kier molecular flexibility index (Phi) is 4.42. The number of nitrogens with two attached hydrogens (primary N) is 1. The second-order valence-corrected chi connectivity index (χ2v) is 5.31. The molecule has 0 fully saturated rings. The lowest BCUT2D eigenvalue weighted by atomic mass is 10.1. The van der Waals surface area contributed by atoms with Gasteiger partial charge in [-0.05, 0) is 30.5 Å². The molecule has 20 heavy (non-hydrogen) atoms. The molecule has 2 aromatic rings. The average Bonchev–Trinajstić information content (AvgIpc) is 2.41. The summed E-state index contributed by atoms with van der Waals surface area (Å²) in [5.41, 5.74) is 7.14. The summed E-state index contributed by atoms with van der Waals surface area (Å²) in [6.45, 7) is 0. The van der Waals surface area contributed by atoms with Gasteiger partial charge < -0.3 is 16.2 Å². The number of aromatic carboxylic acids is 1. The van der Waals surface area contributed by atoms with E-state index in [9.17, 15) is 9.90 Å². The number of rotatable bonds is 4. The fourth-order valence-corrected chi connectivity index (χ4v) is 2.63. The van der Waals surface area contributed by atoms with E-state index in [1.165, 1.54) is 12.1 Å². The standard InChI is InChI=1S/C14H13ClN2O2S/c1-20-12-5-3-2-4-11(12)17-13-9(14(18)19)6-8(16)7-10(13)15/h2-7,17H,16H2,1H3,(H,18,19). The van der Waals surface area contributed by atoms with Crippen LogP contribution in [0.3, 0.4) is 0 Å². The number of benzene rings is 2. The molecule has 0 amide bonds. The summed E-state index contributed by atoms with van der Waals surface area (Å²) in [6, 6.07) is 10.5. The summed E-state index contributed by atoms with van der Waals surface area (Å²) in [5, 5.41) is 12.6. The number of para-hydroxylation sites is 1. The summed E-state index contributed by atoms with van der Waals surface area (Å²) in [6.07, 6.45) is 1.95. The SMILES string of the molecule is CSc1ccccc1Nc1c(Cl)cc(N)cc1C(=O)O. The fraction of sp³-hybridized carbons (Fsp3) is 0.0714. The van der Waals surface area contributed by atoms with Gasteiger partial charge in [-0.1, -0.05) is 23.7 Å². The van der Waals surface area contributed by atoms with Crippen molar-refractivity contribution in [3.63, 3.8) is 0 Å². The minimum atomic E-state index is -1.08. The Morgan fingerprint density at radius 1 is 1.35 bits per heavy atom. The molecule has 4 N–H and O–H groups in total. The average molecular weight is 309 g/mol. The van der Waals surface area contributed by atoms with Crippen molar-refractivity contribution in [1.82, 2.24) is 0 Å². The summed E-state index contributed by atoms with van der Waals surface area (Å²) >= 11 is 7.67. The quantitative estimate of drug-likeness (QED) is 0.586. The van der Waals surface area contributed by atoms with Gasteiger partial charge in [0.15, 0.2) is 0 Å². The van der Waals surface area contributed by atoms with Gasteiger partial charge in [0.1, 0.15) is 0 Å².